The quantitative estimate of drug-likeness (QED) is 0.782. The molecule has 1 aliphatic carbocycles. The summed E-state index contributed by atoms with van der Waals surface area (Å²) in [7, 11) is 1.44. The largest absolute Gasteiger partial charge is 0.504 e. The van der Waals surface area contributed by atoms with Gasteiger partial charge in [-0.15, -0.1) is 0 Å². The Morgan fingerprint density at radius 2 is 2.19 bits per heavy atom. The molecule has 21 heavy (non-hydrogen) atoms. The highest BCUT2D eigenvalue weighted by molar-refractivity contribution is 5.75. The number of benzene rings is 1. The van der Waals surface area contributed by atoms with Crippen molar-refractivity contribution in [1.29, 1.82) is 0 Å². The summed E-state index contributed by atoms with van der Waals surface area (Å²) in [6, 6.07) is 5.64. The molecule has 1 aromatic carbocycles. The number of ether oxygens (including phenoxy) is 2. The molecule has 116 valence electrons. The summed E-state index contributed by atoms with van der Waals surface area (Å²) in [5, 5.41) is 10.4. The molecule has 1 aromatic rings. The molecule has 0 saturated heterocycles. The minimum Gasteiger partial charge on any atom is -0.504 e. The summed E-state index contributed by atoms with van der Waals surface area (Å²) in [5.41, 5.74) is 0.916. The van der Waals surface area contributed by atoms with Crippen LogP contribution in [0.5, 0.6) is 11.5 Å². The van der Waals surface area contributed by atoms with Gasteiger partial charge in [-0.25, -0.2) is 0 Å². The molecule has 4 nitrogen and oxygen atoms in total. The van der Waals surface area contributed by atoms with Crippen molar-refractivity contribution in [3.63, 3.8) is 0 Å². The Morgan fingerprint density at radius 3 is 2.81 bits per heavy atom. The molecule has 3 unspecified atom stereocenters. The second kappa shape index (κ2) is 6.83. The van der Waals surface area contributed by atoms with E-state index >= 15 is 0 Å². The van der Waals surface area contributed by atoms with Crippen LogP contribution < -0.4 is 4.74 Å². The third kappa shape index (κ3) is 3.49. The van der Waals surface area contributed by atoms with Crippen molar-refractivity contribution in [2.45, 2.75) is 39.0 Å². The Bertz CT molecular complexity index is 498. The normalized spacial score (nSPS) is 21.7. The molecule has 0 aromatic heterocycles. The Kier molecular flexibility index (Phi) is 5.10. The molecule has 0 spiro atoms. The average molecular weight is 292 g/mol. The zero-order valence-corrected chi connectivity index (χ0v) is 13.0. The molecule has 0 radical (unpaired) electrons. The Balaban J connectivity index is 2.08. The molecule has 3 atom stereocenters. The van der Waals surface area contributed by atoms with Crippen molar-refractivity contribution in [2.24, 2.45) is 11.8 Å². The van der Waals surface area contributed by atoms with Gasteiger partial charge in [0.2, 0.25) is 0 Å². The van der Waals surface area contributed by atoms with E-state index in [1.807, 2.05) is 19.1 Å². The lowest BCUT2D eigenvalue weighted by Crippen LogP contribution is -2.07. The fraction of sp³-hybridized carbons (Fsp3) is 0.588. The predicted molar refractivity (Wildman–Crippen MR) is 80.5 cm³/mol. The number of esters is 1. The van der Waals surface area contributed by atoms with Gasteiger partial charge in [-0.3, -0.25) is 4.79 Å². The topological polar surface area (TPSA) is 55.8 Å². The van der Waals surface area contributed by atoms with Crippen LogP contribution in [0, 0.1) is 11.8 Å². The molecule has 2 rings (SSSR count). The molecule has 0 aliphatic heterocycles. The minimum absolute atomic E-state index is 0.0428. The number of hydrogen-bond acceptors (Lipinski definition) is 4. The third-order valence-corrected chi connectivity index (χ3v) is 4.28. The molecular weight excluding hydrogens is 268 g/mol. The maximum absolute atomic E-state index is 11.5. The van der Waals surface area contributed by atoms with Gasteiger partial charge in [-0.05, 0) is 44.1 Å². The first-order valence-electron chi connectivity index (χ1n) is 7.64. The van der Waals surface area contributed by atoms with Crippen LogP contribution in [-0.2, 0) is 9.53 Å². The molecule has 4 heteroatoms. The smallest absolute Gasteiger partial charge is 0.308 e. The zero-order chi connectivity index (χ0) is 15.4. The SMILES string of the molecule is CCOc1cccc(C(CC)CC2CC2C(=O)OC)c1O. The van der Waals surface area contributed by atoms with Crippen molar-refractivity contribution < 1.29 is 19.4 Å². The lowest BCUT2D eigenvalue weighted by molar-refractivity contribution is -0.142. The number of phenolic OH excluding ortho intramolecular Hbond substituents is 1. The van der Waals surface area contributed by atoms with Crippen LogP contribution in [0.3, 0.4) is 0 Å². The first-order valence-corrected chi connectivity index (χ1v) is 7.64. The second-order valence-corrected chi connectivity index (χ2v) is 5.59. The number of aromatic hydroxyl groups is 1. The summed E-state index contributed by atoms with van der Waals surface area (Å²) < 4.78 is 10.2. The maximum Gasteiger partial charge on any atom is 0.308 e. The van der Waals surface area contributed by atoms with E-state index in [0.29, 0.717) is 18.3 Å². The summed E-state index contributed by atoms with van der Waals surface area (Å²) in [5.74, 6) is 1.32. The maximum atomic E-state index is 11.5. The summed E-state index contributed by atoms with van der Waals surface area (Å²) in [4.78, 5) is 11.5. The molecular formula is C17H24O4. The molecule has 1 fully saturated rings. The number of hydrogen-bond donors (Lipinski definition) is 1. The van der Waals surface area contributed by atoms with Crippen LogP contribution in [0.15, 0.2) is 18.2 Å². The van der Waals surface area contributed by atoms with Crippen LogP contribution in [0.4, 0.5) is 0 Å². The molecule has 0 bridgehead atoms. The summed E-state index contributed by atoms with van der Waals surface area (Å²) in [6.07, 6.45) is 2.72. The van der Waals surface area contributed by atoms with Gasteiger partial charge in [0.25, 0.3) is 0 Å². The molecule has 0 heterocycles. The Morgan fingerprint density at radius 1 is 1.43 bits per heavy atom. The van der Waals surface area contributed by atoms with E-state index in [4.69, 9.17) is 9.47 Å². The Hall–Kier alpha value is -1.71. The van der Waals surface area contributed by atoms with Crippen LogP contribution in [0.25, 0.3) is 0 Å². The van der Waals surface area contributed by atoms with E-state index in [1.165, 1.54) is 7.11 Å². The van der Waals surface area contributed by atoms with Gasteiger partial charge >= 0.3 is 5.97 Å². The van der Waals surface area contributed by atoms with Crippen LogP contribution in [-0.4, -0.2) is 24.8 Å². The number of phenols is 1. The van der Waals surface area contributed by atoms with E-state index in [9.17, 15) is 9.90 Å². The van der Waals surface area contributed by atoms with Crippen molar-refractivity contribution >= 4 is 5.97 Å². The van der Waals surface area contributed by atoms with Crippen LogP contribution in [0.1, 0.15) is 44.6 Å². The van der Waals surface area contributed by atoms with Gasteiger partial charge < -0.3 is 14.6 Å². The van der Waals surface area contributed by atoms with Crippen molar-refractivity contribution in [1.82, 2.24) is 0 Å². The number of para-hydroxylation sites is 1. The van der Waals surface area contributed by atoms with Gasteiger partial charge in [0.1, 0.15) is 0 Å². The van der Waals surface area contributed by atoms with E-state index < -0.39 is 0 Å². The average Bonchev–Trinajstić information content (AvgIpc) is 3.26. The van der Waals surface area contributed by atoms with Crippen molar-refractivity contribution in [3.05, 3.63) is 23.8 Å². The van der Waals surface area contributed by atoms with Gasteiger partial charge in [0, 0.05) is 5.56 Å². The van der Waals surface area contributed by atoms with Crippen LogP contribution in [0.2, 0.25) is 0 Å². The third-order valence-electron chi connectivity index (χ3n) is 4.28. The van der Waals surface area contributed by atoms with Crippen molar-refractivity contribution in [2.75, 3.05) is 13.7 Å². The summed E-state index contributed by atoms with van der Waals surface area (Å²) in [6.45, 7) is 4.53. The molecule has 0 amide bonds. The number of carbonyl (C=O) groups is 1. The minimum atomic E-state index is -0.109. The number of methoxy groups -OCH3 is 1. The predicted octanol–water partition coefficient (Wildman–Crippen LogP) is 3.48. The van der Waals surface area contributed by atoms with E-state index in [0.717, 1.165) is 24.8 Å². The summed E-state index contributed by atoms with van der Waals surface area (Å²) >= 11 is 0. The van der Waals surface area contributed by atoms with E-state index in [1.54, 1.807) is 6.07 Å². The number of rotatable bonds is 7. The van der Waals surface area contributed by atoms with Gasteiger partial charge in [-0.1, -0.05) is 19.1 Å². The monoisotopic (exact) mass is 292 g/mol. The fourth-order valence-electron chi connectivity index (χ4n) is 2.97. The van der Waals surface area contributed by atoms with Crippen LogP contribution >= 0.6 is 0 Å². The Labute approximate surface area is 126 Å². The molecule has 1 N–H and O–H groups in total. The van der Waals surface area contributed by atoms with E-state index in [-0.39, 0.29) is 23.6 Å². The lowest BCUT2D eigenvalue weighted by atomic mass is 9.89. The standard InChI is InChI=1S/C17H24O4/c1-4-11(9-12-10-14(12)17(19)20-3)13-7-6-8-15(16(13)18)21-5-2/h6-8,11-12,14,18H,4-5,9-10H2,1-3H3. The fourth-order valence-corrected chi connectivity index (χ4v) is 2.97. The van der Waals surface area contributed by atoms with E-state index in [2.05, 4.69) is 6.92 Å². The van der Waals surface area contributed by atoms with Crippen molar-refractivity contribution in [3.8, 4) is 11.5 Å². The highest BCUT2D eigenvalue weighted by atomic mass is 16.5. The van der Waals surface area contributed by atoms with Gasteiger partial charge in [0.15, 0.2) is 11.5 Å². The van der Waals surface area contributed by atoms with Gasteiger partial charge in [-0.2, -0.15) is 0 Å². The molecule has 1 saturated carbocycles. The first-order chi connectivity index (χ1) is 10.1. The highest BCUT2D eigenvalue weighted by Crippen LogP contribution is 2.48. The lowest BCUT2D eigenvalue weighted by Gasteiger charge is -2.18. The second-order valence-electron chi connectivity index (χ2n) is 5.59. The number of carbonyl (C=O) groups excluding carboxylic acids is 1. The first kappa shape index (κ1) is 15.7. The highest BCUT2D eigenvalue weighted by Gasteiger charge is 2.44. The molecule has 1 aliphatic rings. The van der Waals surface area contributed by atoms with Gasteiger partial charge in [0.05, 0.1) is 19.6 Å². The zero-order valence-electron chi connectivity index (χ0n) is 13.0.